The van der Waals surface area contributed by atoms with E-state index in [2.05, 4.69) is 26.4 Å². The number of nitrogens with zero attached hydrogens (tertiary/aromatic N) is 2. The Hall–Kier alpha value is -1.12. The highest BCUT2D eigenvalue weighted by Gasteiger charge is 2.46. The predicted molar refractivity (Wildman–Crippen MR) is 66.0 cm³/mol. The van der Waals surface area contributed by atoms with Gasteiger partial charge < -0.3 is 19.7 Å². The van der Waals surface area contributed by atoms with Crippen molar-refractivity contribution in [3.63, 3.8) is 0 Å². The summed E-state index contributed by atoms with van der Waals surface area (Å²) in [6.45, 7) is 2.19. The third-order valence-corrected chi connectivity index (χ3v) is 3.67. The van der Waals surface area contributed by atoms with Crippen LogP contribution in [0.5, 0.6) is 0 Å². The Morgan fingerprint density at radius 1 is 1.72 bits per heavy atom. The summed E-state index contributed by atoms with van der Waals surface area (Å²) in [5, 5.41) is 16.7. The fraction of sp³-hybridized carbons (Fsp3) is 0.600. The molecule has 2 rings (SSSR count). The van der Waals surface area contributed by atoms with Gasteiger partial charge in [-0.1, -0.05) is 12.1 Å². The largest absolute Gasteiger partial charge is 0.378 e. The number of anilines is 1. The van der Waals surface area contributed by atoms with Gasteiger partial charge in [0.05, 0.1) is 13.2 Å². The van der Waals surface area contributed by atoms with Crippen molar-refractivity contribution < 1.29 is 19.2 Å². The molecule has 1 aliphatic heterocycles. The maximum absolute atomic E-state index is 11.8. The van der Waals surface area contributed by atoms with Crippen LogP contribution < -0.4 is 10.2 Å². The van der Waals surface area contributed by atoms with Crippen LogP contribution in [0, 0.1) is 0 Å². The van der Waals surface area contributed by atoms with E-state index in [0.717, 1.165) is 0 Å². The lowest BCUT2D eigenvalue weighted by molar-refractivity contribution is 0.0576. The number of aliphatic hydroxyl groups is 1. The maximum atomic E-state index is 11.8. The van der Waals surface area contributed by atoms with Gasteiger partial charge in [-0.3, -0.25) is 0 Å². The normalized spacial score (nSPS) is 23.6. The summed E-state index contributed by atoms with van der Waals surface area (Å²) in [4.78, 5) is 13.0. The van der Waals surface area contributed by atoms with Gasteiger partial charge in [-0.15, -0.1) is 0 Å². The van der Waals surface area contributed by atoms with Gasteiger partial charge in [0.15, 0.2) is 5.72 Å². The molecule has 0 saturated carbocycles. The minimum absolute atomic E-state index is 0.148. The molecule has 1 aromatic rings. The second kappa shape index (κ2) is 4.87. The highest BCUT2D eigenvalue weighted by Crippen LogP contribution is 2.36. The summed E-state index contributed by atoms with van der Waals surface area (Å²) in [6, 6.07) is -0.417. The number of rotatable bonds is 4. The van der Waals surface area contributed by atoms with Crippen LogP contribution in [0.3, 0.4) is 0 Å². The standard InChI is InChI=1S/C10H14BrN3O4/c1-3-10(16)5-12-9(15)14(10)8-7(11)6(4-17-2)13-18-8/h16H,3-5H2,1-2H3,(H,12,15). The summed E-state index contributed by atoms with van der Waals surface area (Å²) >= 11 is 3.30. The number of methoxy groups -OCH3 is 1. The molecule has 100 valence electrons. The zero-order valence-electron chi connectivity index (χ0n) is 10.1. The van der Waals surface area contributed by atoms with Gasteiger partial charge in [0.2, 0.25) is 0 Å². The number of urea groups is 1. The molecule has 1 unspecified atom stereocenters. The summed E-state index contributed by atoms with van der Waals surface area (Å²) in [6.07, 6.45) is 0.374. The fourth-order valence-electron chi connectivity index (χ4n) is 1.80. The van der Waals surface area contributed by atoms with Crippen molar-refractivity contribution in [1.82, 2.24) is 10.5 Å². The molecule has 0 spiro atoms. The number of β-amino-alcohol motifs (C(OH)–C–C–N with tert-alkyl or cyclic N) is 1. The van der Waals surface area contributed by atoms with Crippen LogP contribution in [0.4, 0.5) is 10.7 Å². The number of carbonyl (C=O) groups is 1. The molecule has 7 nitrogen and oxygen atoms in total. The Balaban J connectivity index is 2.38. The van der Waals surface area contributed by atoms with E-state index in [-0.39, 0.29) is 19.0 Å². The molecule has 1 saturated heterocycles. The number of hydrogen-bond donors (Lipinski definition) is 2. The molecule has 8 heteroatoms. The number of halogens is 1. The van der Waals surface area contributed by atoms with Crippen molar-refractivity contribution in [2.45, 2.75) is 25.7 Å². The number of nitrogens with one attached hydrogen (secondary N) is 1. The highest BCUT2D eigenvalue weighted by atomic mass is 79.9. The molecule has 1 aliphatic rings. The minimum Gasteiger partial charge on any atom is -0.378 e. The van der Waals surface area contributed by atoms with E-state index in [9.17, 15) is 9.90 Å². The second-order valence-electron chi connectivity index (χ2n) is 4.01. The van der Waals surface area contributed by atoms with E-state index >= 15 is 0 Å². The van der Waals surface area contributed by atoms with Crippen LogP contribution in [-0.4, -0.2) is 35.7 Å². The average molecular weight is 320 g/mol. The number of ether oxygens (including phenoxy) is 1. The first-order chi connectivity index (χ1) is 8.53. The first-order valence-corrected chi connectivity index (χ1v) is 6.26. The number of amides is 2. The van der Waals surface area contributed by atoms with E-state index in [4.69, 9.17) is 9.26 Å². The van der Waals surface area contributed by atoms with E-state index in [1.54, 1.807) is 6.92 Å². The smallest absolute Gasteiger partial charge is 0.326 e. The summed E-state index contributed by atoms with van der Waals surface area (Å²) in [5.74, 6) is 0.182. The maximum Gasteiger partial charge on any atom is 0.326 e. The van der Waals surface area contributed by atoms with E-state index < -0.39 is 11.8 Å². The molecular formula is C10H14BrN3O4. The topological polar surface area (TPSA) is 87.8 Å². The van der Waals surface area contributed by atoms with Crippen molar-refractivity contribution in [3.05, 3.63) is 10.2 Å². The van der Waals surface area contributed by atoms with E-state index in [1.165, 1.54) is 12.0 Å². The molecule has 2 amide bonds. The molecular weight excluding hydrogens is 306 g/mol. The van der Waals surface area contributed by atoms with Gasteiger partial charge >= 0.3 is 6.03 Å². The number of aromatic nitrogens is 1. The Morgan fingerprint density at radius 2 is 2.44 bits per heavy atom. The first kappa shape index (κ1) is 13.3. The van der Waals surface area contributed by atoms with Gasteiger partial charge in [-0.25, -0.2) is 9.69 Å². The van der Waals surface area contributed by atoms with Crippen molar-refractivity contribution >= 4 is 27.8 Å². The van der Waals surface area contributed by atoms with Crippen LogP contribution in [0.25, 0.3) is 0 Å². The summed E-state index contributed by atoms with van der Waals surface area (Å²) in [5.41, 5.74) is -0.769. The first-order valence-electron chi connectivity index (χ1n) is 5.47. The van der Waals surface area contributed by atoms with Crippen LogP contribution in [0.2, 0.25) is 0 Å². The van der Waals surface area contributed by atoms with Crippen molar-refractivity contribution in [2.24, 2.45) is 0 Å². The van der Waals surface area contributed by atoms with Crippen LogP contribution in [-0.2, 0) is 11.3 Å². The monoisotopic (exact) mass is 319 g/mol. The van der Waals surface area contributed by atoms with Gasteiger partial charge in [0, 0.05) is 7.11 Å². The molecule has 2 N–H and O–H groups in total. The summed E-state index contributed by atoms with van der Waals surface area (Å²) in [7, 11) is 1.53. The minimum atomic E-state index is -1.30. The zero-order chi connectivity index (χ0) is 13.3. The van der Waals surface area contributed by atoms with E-state index in [0.29, 0.717) is 16.6 Å². The zero-order valence-corrected chi connectivity index (χ0v) is 11.7. The summed E-state index contributed by atoms with van der Waals surface area (Å²) < 4.78 is 10.6. The van der Waals surface area contributed by atoms with Crippen LogP contribution >= 0.6 is 15.9 Å². The van der Waals surface area contributed by atoms with Crippen molar-refractivity contribution in [1.29, 1.82) is 0 Å². The molecule has 0 aromatic carbocycles. The van der Waals surface area contributed by atoms with Crippen LogP contribution in [0.15, 0.2) is 9.00 Å². The second-order valence-corrected chi connectivity index (χ2v) is 4.80. The Morgan fingerprint density at radius 3 is 3.06 bits per heavy atom. The average Bonchev–Trinajstić information content (AvgIpc) is 2.84. The molecule has 0 aliphatic carbocycles. The molecule has 1 atom stereocenters. The molecule has 1 aromatic heterocycles. The SMILES string of the molecule is CCC1(O)CNC(=O)N1c1onc(COC)c1Br. The third-order valence-electron chi connectivity index (χ3n) is 2.88. The quantitative estimate of drug-likeness (QED) is 0.871. The van der Waals surface area contributed by atoms with Gasteiger partial charge in [-0.2, -0.15) is 0 Å². The Kier molecular flexibility index (Phi) is 3.60. The van der Waals surface area contributed by atoms with Gasteiger partial charge in [0.25, 0.3) is 5.88 Å². The highest BCUT2D eigenvalue weighted by molar-refractivity contribution is 9.10. The van der Waals surface area contributed by atoms with Gasteiger partial charge in [-0.05, 0) is 22.4 Å². The molecule has 0 bridgehead atoms. The van der Waals surface area contributed by atoms with Crippen molar-refractivity contribution in [2.75, 3.05) is 18.6 Å². The van der Waals surface area contributed by atoms with Crippen molar-refractivity contribution in [3.8, 4) is 0 Å². The molecule has 18 heavy (non-hydrogen) atoms. The lowest BCUT2D eigenvalue weighted by Crippen LogP contribution is -2.47. The Bertz CT molecular complexity index is 464. The lowest BCUT2D eigenvalue weighted by Gasteiger charge is -2.28. The molecule has 0 radical (unpaired) electrons. The predicted octanol–water partition coefficient (Wildman–Crippen LogP) is 1.21. The Labute approximate surface area is 112 Å². The van der Waals surface area contributed by atoms with Gasteiger partial charge in [0.1, 0.15) is 10.2 Å². The molecule has 1 fully saturated rings. The van der Waals surface area contributed by atoms with Crippen LogP contribution in [0.1, 0.15) is 19.0 Å². The van der Waals surface area contributed by atoms with E-state index in [1.807, 2.05) is 0 Å². The number of carbonyl (C=O) groups excluding carboxylic acids is 1. The molecule has 2 heterocycles. The fourth-order valence-corrected chi connectivity index (χ4v) is 2.23. The lowest BCUT2D eigenvalue weighted by atomic mass is 10.1. The third kappa shape index (κ3) is 2.00. The number of hydrogen-bond acceptors (Lipinski definition) is 5.